The van der Waals surface area contributed by atoms with Crippen molar-refractivity contribution in [3.05, 3.63) is 0 Å². The van der Waals surface area contributed by atoms with E-state index in [1.165, 1.54) is 167 Å². The molecule has 0 rings (SSSR count). The summed E-state index contributed by atoms with van der Waals surface area (Å²) in [5.74, 6) is 1.16. The van der Waals surface area contributed by atoms with Crippen LogP contribution in [0.15, 0.2) is 0 Å². The number of hydrogen-bond donors (Lipinski definition) is 2. The Bertz CT molecular complexity index is 341. The molecule has 2 N–H and O–H groups in total. The topological polar surface area (TPSA) is 40.5 Å². The lowest BCUT2D eigenvalue weighted by molar-refractivity contribution is 0.204. The summed E-state index contributed by atoms with van der Waals surface area (Å²) in [6.07, 6.45) is 34.9. The predicted molar refractivity (Wildman–Crippen MR) is 164 cm³/mol. The average molecular weight is 513 g/mol. The third-order valence-electron chi connectivity index (χ3n) is 7.88. The van der Waals surface area contributed by atoms with Gasteiger partial charge in [-0.15, -0.1) is 0 Å². The smallest absolute Gasteiger partial charge is 0.0459 e. The molecule has 0 aliphatic rings. The van der Waals surface area contributed by atoms with Crippen LogP contribution in [0.3, 0.4) is 0 Å². The van der Waals surface area contributed by atoms with Gasteiger partial charge in [-0.1, -0.05) is 169 Å². The van der Waals surface area contributed by atoms with E-state index in [1.807, 2.05) is 0 Å². The van der Waals surface area contributed by atoms with Gasteiger partial charge in [0.15, 0.2) is 0 Å². The summed E-state index contributed by atoms with van der Waals surface area (Å²) < 4.78 is 0. The lowest BCUT2D eigenvalue weighted by Gasteiger charge is -2.13. The summed E-state index contributed by atoms with van der Waals surface area (Å²) >= 11 is 0. The number of rotatable bonds is 28. The highest BCUT2D eigenvalue weighted by Gasteiger charge is 2.07. The third kappa shape index (κ3) is 31.9. The number of aliphatic hydroxyl groups excluding tert-OH is 2. The van der Waals surface area contributed by atoms with Crippen LogP contribution in [0.4, 0.5) is 0 Å². The Labute approximate surface area is 229 Å². The second kappa shape index (κ2) is 34.9. The maximum Gasteiger partial charge on any atom is 0.0459 e. The van der Waals surface area contributed by atoms with Gasteiger partial charge in [0.2, 0.25) is 0 Å². The van der Waals surface area contributed by atoms with Gasteiger partial charge in [-0.05, 0) is 37.5 Å². The van der Waals surface area contributed by atoms with Crippen molar-refractivity contribution in [1.82, 2.24) is 0 Å². The first-order valence-electron chi connectivity index (χ1n) is 16.9. The van der Waals surface area contributed by atoms with Gasteiger partial charge in [0.25, 0.3) is 0 Å². The molecule has 1 unspecified atom stereocenters. The van der Waals surface area contributed by atoms with Crippen LogP contribution >= 0.6 is 0 Å². The van der Waals surface area contributed by atoms with E-state index in [-0.39, 0.29) is 0 Å². The predicted octanol–water partition coefficient (Wildman–Crippen LogP) is 11.4. The van der Waals surface area contributed by atoms with Crippen LogP contribution in [-0.4, -0.2) is 23.4 Å². The fraction of sp³-hybridized carbons (Fsp3) is 1.00. The summed E-state index contributed by atoms with van der Waals surface area (Å²) in [5.41, 5.74) is 0. The van der Waals surface area contributed by atoms with Crippen molar-refractivity contribution in [2.24, 2.45) is 11.8 Å². The molecular weight excluding hydrogens is 440 g/mol. The zero-order valence-corrected chi connectivity index (χ0v) is 25.8. The van der Waals surface area contributed by atoms with Gasteiger partial charge in [-0.25, -0.2) is 0 Å². The molecule has 0 aliphatic heterocycles. The molecule has 0 aromatic heterocycles. The van der Waals surface area contributed by atoms with Gasteiger partial charge in [-0.2, -0.15) is 0 Å². The van der Waals surface area contributed by atoms with E-state index in [0.717, 1.165) is 0 Å². The highest BCUT2D eigenvalue weighted by atomic mass is 16.3. The first-order chi connectivity index (χ1) is 17.7. The number of unbranched alkanes of at least 4 members (excludes halogenated alkanes) is 18. The van der Waals surface area contributed by atoms with E-state index in [0.29, 0.717) is 25.0 Å². The molecule has 36 heavy (non-hydrogen) atoms. The molecule has 0 radical (unpaired) electrons. The van der Waals surface area contributed by atoms with E-state index < -0.39 is 0 Å². The van der Waals surface area contributed by atoms with E-state index in [4.69, 9.17) is 0 Å². The van der Waals surface area contributed by atoms with Gasteiger partial charge < -0.3 is 10.2 Å². The normalized spacial score (nSPS) is 12.1. The summed E-state index contributed by atoms with van der Waals surface area (Å²) in [6, 6.07) is 0. The van der Waals surface area contributed by atoms with Crippen LogP contribution in [-0.2, 0) is 0 Å². The average Bonchev–Trinajstić information content (AvgIpc) is 2.90. The van der Waals surface area contributed by atoms with Crippen LogP contribution in [0.2, 0.25) is 0 Å². The molecule has 0 heterocycles. The second-order valence-electron chi connectivity index (χ2n) is 11.6. The van der Waals surface area contributed by atoms with Gasteiger partial charge in [0.1, 0.15) is 0 Å². The molecular formula is C34H72O2. The fourth-order valence-corrected chi connectivity index (χ4v) is 5.15. The Balaban J connectivity index is 0. The molecule has 1 atom stereocenters. The molecule has 220 valence electrons. The fourth-order valence-electron chi connectivity index (χ4n) is 5.15. The minimum Gasteiger partial charge on any atom is -0.396 e. The van der Waals surface area contributed by atoms with Gasteiger partial charge in [-0.3, -0.25) is 0 Å². The number of aliphatic hydroxyl groups is 2. The molecule has 0 saturated heterocycles. The van der Waals surface area contributed by atoms with Crippen molar-refractivity contribution in [1.29, 1.82) is 0 Å². The lowest BCUT2D eigenvalue weighted by atomic mass is 9.95. The third-order valence-corrected chi connectivity index (χ3v) is 7.88. The largest absolute Gasteiger partial charge is 0.396 e. The van der Waals surface area contributed by atoms with Crippen LogP contribution in [0.1, 0.15) is 195 Å². The highest BCUT2D eigenvalue weighted by molar-refractivity contribution is 4.60. The first-order valence-corrected chi connectivity index (χ1v) is 16.9. The second-order valence-corrected chi connectivity index (χ2v) is 11.6. The Morgan fingerprint density at radius 3 is 0.722 bits per heavy atom. The Hall–Kier alpha value is -0.0800. The van der Waals surface area contributed by atoms with Crippen molar-refractivity contribution in [3.8, 4) is 0 Å². The SMILES string of the molecule is CCCCCCCCC(CO)CCCCCC.CCCCCCCCC(CO)CCCCCCCC. The molecule has 0 aromatic rings. The zero-order chi connectivity index (χ0) is 27.0. The molecule has 0 bridgehead atoms. The standard InChI is InChI=1S/C18H38O.C16H34O/c1-3-5-7-9-11-13-15-18(17-19)16-14-12-10-8-6-4-2;1-3-5-7-9-10-12-14-16(15-17)13-11-8-6-4-2/h18-19H,3-17H2,1-2H3;16-17H,3-15H2,1-2H3. The zero-order valence-electron chi connectivity index (χ0n) is 25.8. The minimum absolute atomic E-state index is 0.404. The van der Waals surface area contributed by atoms with Crippen LogP contribution in [0, 0.1) is 11.8 Å². The van der Waals surface area contributed by atoms with Crippen molar-refractivity contribution in [3.63, 3.8) is 0 Å². The first kappa shape index (κ1) is 38.1. The van der Waals surface area contributed by atoms with Crippen LogP contribution in [0.5, 0.6) is 0 Å². The van der Waals surface area contributed by atoms with Gasteiger partial charge in [0.05, 0.1) is 0 Å². The molecule has 0 fully saturated rings. The molecule has 0 aromatic carbocycles. The van der Waals surface area contributed by atoms with Crippen molar-refractivity contribution < 1.29 is 10.2 Å². The number of hydrogen-bond acceptors (Lipinski definition) is 2. The molecule has 0 aliphatic carbocycles. The molecule has 2 nitrogen and oxygen atoms in total. The monoisotopic (exact) mass is 513 g/mol. The van der Waals surface area contributed by atoms with Crippen molar-refractivity contribution in [2.75, 3.05) is 13.2 Å². The molecule has 0 spiro atoms. The molecule has 0 saturated carbocycles. The van der Waals surface area contributed by atoms with E-state index in [2.05, 4.69) is 27.7 Å². The van der Waals surface area contributed by atoms with Crippen LogP contribution in [0.25, 0.3) is 0 Å². The van der Waals surface area contributed by atoms with Gasteiger partial charge >= 0.3 is 0 Å². The van der Waals surface area contributed by atoms with Crippen molar-refractivity contribution >= 4 is 0 Å². The summed E-state index contributed by atoms with van der Waals surface area (Å²) in [6.45, 7) is 9.85. The Kier molecular flexibility index (Phi) is 36.9. The lowest BCUT2D eigenvalue weighted by Crippen LogP contribution is -2.06. The van der Waals surface area contributed by atoms with E-state index in [1.54, 1.807) is 0 Å². The van der Waals surface area contributed by atoms with E-state index >= 15 is 0 Å². The van der Waals surface area contributed by atoms with Gasteiger partial charge in [0, 0.05) is 13.2 Å². The summed E-state index contributed by atoms with van der Waals surface area (Å²) in [5, 5.41) is 18.7. The Morgan fingerprint density at radius 1 is 0.306 bits per heavy atom. The van der Waals surface area contributed by atoms with Crippen molar-refractivity contribution in [2.45, 2.75) is 195 Å². The maximum atomic E-state index is 9.41. The minimum atomic E-state index is 0.404. The summed E-state index contributed by atoms with van der Waals surface area (Å²) in [7, 11) is 0. The Morgan fingerprint density at radius 2 is 0.500 bits per heavy atom. The van der Waals surface area contributed by atoms with Crippen LogP contribution < -0.4 is 0 Å². The summed E-state index contributed by atoms with van der Waals surface area (Å²) in [4.78, 5) is 0. The highest BCUT2D eigenvalue weighted by Crippen LogP contribution is 2.19. The van der Waals surface area contributed by atoms with E-state index in [9.17, 15) is 10.2 Å². The molecule has 0 amide bonds. The maximum absolute atomic E-state index is 9.41. The molecule has 2 heteroatoms. The quantitative estimate of drug-likeness (QED) is 0.102.